The number of aromatic nitrogens is 2. The van der Waals surface area contributed by atoms with Crippen molar-refractivity contribution in [3.05, 3.63) is 299 Å². The summed E-state index contributed by atoms with van der Waals surface area (Å²) in [4.78, 5) is 0. The number of fused-ring (bicyclic) bond motifs is 12. The van der Waals surface area contributed by atoms with E-state index in [1.807, 2.05) is 0 Å². The van der Waals surface area contributed by atoms with Gasteiger partial charge in [-0.3, -0.25) is 0 Å². The average molecular weight is 955 g/mol. The van der Waals surface area contributed by atoms with E-state index in [9.17, 15) is 0 Å². The fraction of sp³-hybridized carbons (Fsp3) is 0.0411. The van der Waals surface area contributed by atoms with E-state index < -0.39 is 0 Å². The van der Waals surface area contributed by atoms with Crippen molar-refractivity contribution in [3.63, 3.8) is 0 Å². The van der Waals surface area contributed by atoms with E-state index in [1.165, 1.54) is 133 Å². The van der Waals surface area contributed by atoms with Crippen LogP contribution in [-0.4, -0.2) is 9.13 Å². The van der Waals surface area contributed by atoms with E-state index in [-0.39, 0.29) is 5.41 Å². The summed E-state index contributed by atoms with van der Waals surface area (Å²) in [5.41, 5.74) is 25.4. The predicted molar refractivity (Wildman–Crippen MR) is 317 cm³/mol. The highest BCUT2D eigenvalue weighted by Crippen LogP contribution is 2.57. The molecule has 2 heterocycles. The minimum atomic E-state index is -0.130. The number of rotatable bonds is 8. The minimum absolute atomic E-state index is 0.130. The molecule has 0 amide bonds. The third-order valence-electron chi connectivity index (χ3n) is 16.3. The van der Waals surface area contributed by atoms with Gasteiger partial charge >= 0.3 is 0 Å². The molecule has 0 atom stereocenters. The van der Waals surface area contributed by atoms with E-state index in [4.69, 9.17) is 0 Å². The second kappa shape index (κ2) is 17.3. The van der Waals surface area contributed by atoms with Crippen molar-refractivity contribution in [2.24, 2.45) is 0 Å². The van der Waals surface area contributed by atoms with Gasteiger partial charge in [0.1, 0.15) is 0 Å². The number of benzene rings is 11. The zero-order chi connectivity index (χ0) is 49.5. The Balaban J connectivity index is 0.706. The Kier molecular flexibility index (Phi) is 9.96. The fourth-order valence-electron chi connectivity index (χ4n) is 12.7. The van der Waals surface area contributed by atoms with Crippen LogP contribution in [0.3, 0.4) is 0 Å². The van der Waals surface area contributed by atoms with E-state index >= 15 is 0 Å². The van der Waals surface area contributed by atoms with E-state index in [0.29, 0.717) is 0 Å². The Hall–Kier alpha value is -9.50. The van der Waals surface area contributed by atoms with E-state index in [1.54, 1.807) is 0 Å². The maximum atomic E-state index is 2.51. The van der Waals surface area contributed by atoms with Gasteiger partial charge in [0.05, 0.1) is 22.1 Å². The van der Waals surface area contributed by atoms with E-state index in [2.05, 4.69) is 288 Å². The highest BCUT2D eigenvalue weighted by atomic mass is 15.0. The molecule has 0 radical (unpaired) electrons. The molecule has 0 unspecified atom stereocenters. The first-order chi connectivity index (χ1) is 37.1. The van der Waals surface area contributed by atoms with Crippen molar-refractivity contribution in [3.8, 4) is 44.8 Å². The Morgan fingerprint density at radius 2 is 0.640 bits per heavy atom. The average Bonchev–Trinajstić information content (AvgIpc) is 4.29. The van der Waals surface area contributed by atoms with Gasteiger partial charge in [0, 0.05) is 38.3 Å². The monoisotopic (exact) mass is 954 g/mol. The van der Waals surface area contributed by atoms with Crippen LogP contribution in [0.2, 0.25) is 0 Å². The molecule has 0 saturated carbocycles. The largest absolute Gasteiger partial charge is 0.309 e. The first-order valence-electron chi connectivity index (χ1n) is 26.2. The standard InChI is InChI=1S/C73H50N2/c1-3-15-59(16-4-1)74-69-21-11-9-19-63(69)65-43-51(31-41-71(65)74)25-23-49-27-33-53(34-28-49)55-37-39-61-62-40-38-56(46-68(62)73(67(61)45-55)47-57-13-7-8-14-58(57)48-73)54-35-29-50(30-36-54)24-26-52-32-42-72-66(44-52)64-20-10-12-22-70(64)75(72)60-17-5-2-6-18-60/h1-46H,47-48H2/b25-23+,26-24+. The summed E-state index contributed by atoms with van der Waals surface area (Å²) >= 11 is 0. The maximum Gasteiger partial charge on any atom is 0.0541 e. The Morgan fingerprint density at radius 1 is 0.280 bits per heavy atom. The van der Waals surface area contributed by atoms with Crippen LogP contribution < -0.4 is 0 Å². The summed E-state index contributed by atoms with van der Waals surface area (Å²) in [6.45, 7) is 0. The van der Waals surface area contributed by atoms with Crippen LogP contribution in [0.15, 0.2) is 255 Å². The lowest BCUT2D eigenvalue weighted by atomic mass is 9.74. The second-order valence-corrected chi connectivity index (χ2v) is 20.6. The Labute approximate surface area is 437 Å². The topological polar surface area (TPSA) is 9.86 Å². The lowest BCUT2D eigenvalue weighted by molar-refractivity contribution is 0.564. The summed E-state index contributed by atoms with van der Waals surface area (Å²) in [6.07, 6.45) is 11.0. The van der Waals surface area contributed by atoms with Gasteiger partial charge in [0.15, 0.2) is 0 Å². The van der Waals surface area contributed by atoms with Crippen LogP contribution in [0.5, 0.6) is 0 Å². The molecule has 15 rings (SSSR count). The van der Waals surface area contributed by atoms with Gasteiger partial charge < -0.3 is 9.13 Å². The van der Waals surface area contributed by atoms with Gasteiger partial charge in [-0.25, -0.2) is 0 Å². The predicted octanol–water partition coefficient (Wildman–Crippen LogP) is 18.6. The lowest BCUT2D eigenvalue weighted by Crippen LogP contribution is -2.26. The van der Waals surface area contributed by atoms with E-state index in [0.717, 1.165) is 12.8 Å². The van der Waals surface area contributed by atoms with Gasteiger partial charge in [-0.1, -0.05) is 206 Å². The fourth-order valence-corrected chi connectivity index (χ4v) is 12.7. The first-order valence-corrected chi connectivity index (χ1v) is 26.2. The molecule has 2 aliphatic carbocycles. The van der Waals surface area contributed by atoms with Crippen molar-refractivity contribution in [1.29, 1.82) is 0 Å². The van der Waals surface area contributed by atoms with Crippen molar-refractivity contribution >= 4 is 67.9 Å². The molecule has 352 valence electrons. The molecule has 13 aromatic rings. The number of hydrogen-bond acceptors (Lipinski definition) is 0. The van der Waals surface area contributed by atoms with Crippen molar-refractivity contribution in [2.45, 2.75) is 18.3 Å². The Bertz CT molecular complexity index is 4140. The van der Waals surface area contributed by atoms with Gasteiger partial charge in [0.2, 0.25) is 0 Å². The maximum absolute atomic E-state index is 2.51. The molecular weight excluding hydrogens is 905 g/mol. The summed E-state index contributed by atoms with van der Waals surface area (Å²) in [5.74, 6) is 0. The first kappa shape index (κ1) is 43.1. The highest BCUT2D eigenvalue weighted by Gasteiger charge is 2.47. The molecule has 2 aliphatic rings. The zero-order valence-corrected chi connectivity index (χ0v) is 41.4. The lowest BCUT2D eigenvalue weighted by Gasteiger charge is -2.27. The van der Waals surface area contributed by atoms with Crippen LogP contribution in [-0.2, 0) is 18.3 Å². The summed E-state index contributed by atoms with van der Waals surface area (Å²) in [5, 5.41) is 5.06. The zero-order valence-electron chi connectivity index (χ0n) is 41.4. The summed E-state index contributed by atoms with van der Waals surface area (Å²) in [6, 6.07) is 94.1. The van der Waals surface area contributed by atoms with Crippen LogP contribution in [0.1, 0.15) is 44.5 Å². The van der Waals surface area contributed by atoms with Crippen molar-refractivity contribution < 1.29 is 0 Å². The molecule has 2 aromatic heterocycles. The number of nitrogens with zero attached hydrogens (tertiary/aromatic N) is 2. The smallest absolute Gasteiger partial charge is 0.0541 e. The van der Waals surface area contributed by atoms with Gasteiger partial charge in [-0.05, 0) is 164 Å². The van der Waals surface area contributed by atoms with Gasteiger partial charge in [0.25, 0.3) is 0 Å². The molecule has 0 bridgehead atoms. The van der Waals surface area contributed by atoms with Crippen LogP contribution in [0, 0.1) is 0 Å². The van der Waals surface area contributed by atoms with Gasteiger partial charge in [-0.15, -0.1) is 0 Å². The van der Waals surface area contributed by atoms with Gasteiger partial charge in [-0.2, -0.15) is 0 Å². The summed E-state index contributed by atoms with van der Waals surface area (Å²) in [7, 11) is 0. The minimum Gasteiger partial charge on any atom is -0.309 e. The molecule has 2 nitrogen and oxygen atoms in total. The third-order valence-corrected chi connectivity index (χ3v) is 16.3. The molecule has 0 aliphatic heterocycles. The number of para-hydroxylation sites is 4. The molecule has 0 saturated heterocycles. The molecule has 75 heavy (non-hydrogen) atoms. The molecule has 11 aromatic carbocycles. The Morgan fingerprint density at radius 3 is 1.09 bits per heavy atom. The normalized spacial score (nSPS) is 13.5. The molecule has 0 fully saturated rings. The van der Waals surface area contributed by atoms with Crippen LogP contribution in [0.25, 0.3) is 113 Å². The molecular formula is C73H50N2. The van der Waals surface area contributed by atoms with Crippen LogP contribution in [0.4, 0.5) is 0 Å². The third kappa shape index (κ3) is 7.17. The molecule has 0 N–H and O–H groups in total. The molecule has 1 spiro atoms. The second-order valence-electron chi connectivity index (χ2n) is 20.6. The quantitative estimate of drug-likeness (QED) is 0.134. The van der Waals surface area contributed by atoms with Crippen molar-refractivity contribution in [1.82, 2.24) is 9.13 Å². The molecule has 2 heteroatoms. The highest BCUT2D eigenvalue weighted by molar-refractivity contribution is 6.11. The van der Waals surface area contributed by atoms with Crippen LogP contribution >= 0.6 is 0 Å². The SMILES string of the molecule is C(=C\c1ccc2c(c1)c1ccccc1n2-c1ccccc1)/c1ccc(-c2ccc3c(c2)C2(Cc4ccccc4C2)c2cc(-c4ccc(/C=C/c5ccc6c(c5)c5ccccc5n6-c5ccccc5)cc4)ccc2-3)cc1. The summed E-state index contributed by atoms with van der Waals surface area (Å²) < 4.78 is 4.74. The number of hydrogen-bond donors (Lipinski definition) is 0. The van der Waals surface area contributed by atoms with Crippen molar-refractivity contribution in [2.75, 3.05) is 0 Å².